The molecular formula is C34H43N3O6. The maximum absolute atomic E-state index is 14.6. The van der Waals surface area contributed by atoms with Gasteiger partial charge in [-0.05, 0) is 83.9 Å². The Morgan fingerprint density at radius 1 is 0.884 bits per heavy atom. The summed E-state index contributed by atoms with van der Waals surface area (Å²) in [6, 6.07) is 18.8. The number of ether oxygens (including phenoxy) is 2. The van der Waals surface area contributed by atoms with E-state index in [9.17, 15) is 19.5 Å². The number of para-hydroxylation sites is 1. The van der Waals surface area contributed by atoms with E-state index < -0.39 is 41.1 Å². The molecule has 3 aromatic rings. The Balaban J connectivity index is 2.13. The molecule has 0 fully saturated rings. The van der Waals surface area contributed by atoms with Crippen LogP contribution in [0.1, 0.15) is 64.3 Å². The Morgan fingerprint density at radius 3 is 2.07 bits per heavy atom. The largest absolute Gasteiger partial charge is 0.507 e. The first kappa shape index (κ1) is 33.0. The summed E-state index contributed by atoms with van der Waals surface area (Å²) in [5.74, 6) is -0.531. The third-order valence-electron chi connectivity index (χ3n) is 6.66. The molecule has 0 aliphatic rings. The van der Waals surface area contributed by atoms with Crippen molar-refractivity contribution in [2.24, 2.45) is 0 Å². The highest BCUT2D eigenvalue weighted by Crippen LogP contribution is 2.37. The number of alkyl carbamates (subject to hydrolysis) is 1. The van der Waals surface area contributed by atoms with Gasteiger partial charge in [-0.2, -0.15) is 0 Å². The second-order valence-electron chi connectivity index (χ2n) is 12.4. The number of nitrogens with zero attached hydrogens (tertiary/aromatic N) is 1. The number of benzene rings is 3. The molecule has 2 unspecified atom stereocenters. The molecule has 0 radical (unpaired) electrons. The summed E-state index contributed by atoms with van der Waals surface area (Å²) in [5.41, 5.74) is 0.376. The number of phenols is 1. The van der Waals surface area contributed by atoms with Crippen molar-refractivity contribution >= 4 is 23.6 Å². The SMILES string of the molecule is COc1ccc(NC(=O)C(c2cccc(C)c2O)N(C(=O)C(Cc2ccccc2)NC(=O)OC(C)(C)C)C(C)(C)C)cc1. The number of amides is 3. The topological polar surface area (TPSA) is 117 Å². The molecule has 3 aromatic carbocycles. The molecule has 9 nitrogen and oxygen atoms in total. The number of carbonyl (C=O) groups excluding carboxylic acids is 3. The zero-order valence-corrected chi connectivity index (χ0v) is 26.2. The summed E-state index contributed by atoms with van der Waals surface area (Å²) in [6.07, 6.45) is -0.605. The van der Waals surface area contributed by atoms with Gasteiger partial charge in [-0.3, -0.25) is 9.59 Å². The van der Waals surface area contributed by atoms with Gasteiger partial charge in [0.15, 0.2) is 0 Å². The van der Waals surface area contributed by atoms with Crippen molar-refractivity contribution in [1.29, 1.82) is 0 Å². The molecule has 0 aliphatic carbocycles. The van der Waals surface area contributed by atoms with Crippen LogP contribution in [-0.4, -0.2) is 52.2 Å². The third-order valence-corrected chi connectivity index (χ3v) is 6.66. The van der Waals surface area contributed by atoms with E-state index in [-0.39, 0.29) is 17.7 Å². The van der Waals surface area contributed by atoms with Crippen LogP contribution < -0.4 is 15.4 Å². The lowest BCUT2D eigenvalue weighted by Crippen LogP contribution is -2.58. The fraction of sp³-hybridized carbons (Fsp3) is 0.382. The number of rotatable bonds is 9. The molecule has 3 rings (SSSR count). The van der Waals surface area contributed by atoms with Gasteiger partial charge < -0.3 is 30.1 Å². The lowest BCUT2D eigenvalue weighted by atomic mass is 9.92. The molecule has 0 saturated heterocycles. The van der Waals surface area contributed by atoms with Crippen molar-refractivity contribution in [2.75, 3.05) is 12.4 Å². The van der Waals surface area contributed by atoms with Gasteiger partial charge in [0.2, 0.25) is 5.91 Å². The molecule has 230 valence electrons. The van der Waals surface area contributed by atoms with Crippen LogP contribution in [0, 0.1) is 6.92 Å². The van der Waals surface area contributed by atoms with Crippen LogP contribution in [0.25, 0.3) is 0 Å². The first-order valence-electron chi connectivity index (χ1n) is 14.2. The summed E-state index contributed by atoms with van der Waals surface area (Å²) in [5, 5.41) is 16.8. The quantitative estimate of drug-likeness (QED) is 0.276. The molecule has 3 amide bonds. The Bertz CT molecular complexity index is 1410. The van der Waals surface area contributed by atoms with Gasteiger partial charge in [0, 0.05) is 23.2 Å². The van der Waals surface area contributed by atoms with E-state index in [1.54, 1.807) is 98.0 Å². The highest BCUT2D eigenvalue weighted by molar-refractivity contribution is 5.99. The average Bonchev–Trinajstić information content (AvgIpc) is 2.92. The first-order chi connectivity index (χ1) is 20.1. The molecule has 0 saturated carbocycles. The molecule has 0 spiro atoms. The standard InChI is InChI=1S/C34H43N3O6/c1-22-13-12-16-26(29(22)38)28(30(39)35-24-17-19-25(42-8)20-18-24)37(33(2,3)4)31(40)27(21-23-14-10-9-11-15-23)36-32(41)43-34(5,6)7/h9-20,27-28,38H,21H2,1-8H3,(H,35,39)(H,36,41). The Labute approximate surface area is 254 Å². The molecule has 2 atom stereocenters. The van der Waals surface area contributed by atoms with Crippen LogP contribution in [0.2, 0.25) is 0 Å². The van der Waals surface area contributed by atoms with Crippen molar-refractivity contribution in [2.45, 2.75) is 78.1 Å². The summed E-state index contributed by atoms with van der Waals surface area (Å²) in [4.78, 5) is 43.2. The minimum absolute atomic E-state index is 0.0980. The number of carbonyl (C=O) groups is 3. The number of aromatic hydroxyl groups is 1. The second-order valence-corrected chi connectivity index (χ2v) is 12.4. The van der Waals surface area contributed by atoms with E-state index in [4.69, 9.17) is 9.47 Å². The molecule has 3 N–H and O–H groups in total. The fourth-order valence-corrected chi connectivity index (χ4v) is 4.70. The average molecular weight is 590 g/mol. The van der Waals surface area contributed by atoms with Crippen molar-refractivity contribution < 1.29 is 29.0 Å². The van der Waals surface area contributed by atoms with Crippen molar-refractivity contribution in [3.05, 3.63) is 89.5 Å². The Hall–Kier alpha value is -4.53. The number of anilines is 1. The summed E-state index contributed by atoms with van der Waals surface area (Å²) >= 11 is 0. The van der Waals surface area contributed by atoms with Gasteiger partial charge in [-0.1, -0.05) is 48.5 Å². The van der Waals surface area contributed by atoms with E-state index in [1.807, 2.05) is 30.3 Å². The smallest absolute Gasteiger partial charge is 0.408 e. The molecule has 0 aromatic heterocycles. The molecule has 43 heavy (non-hydrogen) atoms. The van der Waals surface area contributed by atoms with Gasteiger partial charge in [-0.25, -0.2) is 4.79 Å². The van der Waals surface area contributed by atoms with Crippen molar-refractivity contribution in [1.82, 2.24) is 10.2 Å². The van der Waals surface area contributed by atoms with Crippen LogP contribution in [0.5, 0.6) is 11.5 Å². The summed E-state index contributed by atoms with van der Waals surface area (Å²) in [7, 11) is 1.55. The van der Waals surface area contributed by atoms with E-state index >= 15 is 0 Å². The minimum Gasteiger partial charge on any atom is -0.507 e. The van der Waals surface area contributed by atoms with Crippen LogP contribution in [0.3, 0.4) is 0 Å². The Kier molecular flexibility index (Phi) is 10.5. The maximum atomic E-state index is 14.6. The van der Waals surface area contributed by atoms with E-state index in [0.717, 1.165) is 5.56 Å². The number of nitrogens with one attached hydrogen (secondary N) is 2. The van der Waals surface area contributed by atoms with Crippen LogP contribution >= 0.6 is 0 Å². The second kappa shape index (κ2) is 13.6. The van der Waals surface area contributed by atoms with Crippen LogP contribution in [0.4, 0.5) is 10.5 Å². The highest BCUT2D eigenvalue weighted by Gasteiger charge is 2.43. The summed E-state index contributed by atoms with van der Waals surface area (Å²) in [6.45, 7) is 12.4. The van der Waals surface area contributed by atoms with Crippen LogP contribution in [0.15, 0.2) is 72.8 Å². The number of methoxy groups -OCH3 is 1. The Morgan fingerprint density at radius 2 is 1.51 bits per heavy atom. The number of aryl methyl sites for hydroxylation is 1. The van der Waals surface area contributed by atoms with Gasteiger partial charge >= 0.3 is 6.09 Å². The lowest BCUT2D eigenvalue weighted by molar-refractivity contribution is -0.146. The zero-order chi connectivity index (χ0) is 31.9. The highest BCUT2D eigenvalue weighted by atomic mass is 16.6. The van der Waals surface area contributed by atoms with Gasteiger partial charge in [0.25, 0.3) is 5.91 Å². The number of phenolic OH excluding ortho intramolecular Hbond substituents is 1. The van der Waals surface area contributed by atoms with Crippen LogP contribution in [-0.2, 0) is 20.7 Å². The normalized spacial score (nSPS) is 12.9. The van der Waals surface area contributed by atoms with E-state index in [0.29, 0.717) is 17.0 Å². The molecule has 9 heteroatoms. The number of hydrogen-bond acceptors (Lipinski definition) is 6. The molecular weight excluding hydrogens is 546 g/mol. The molecule has 0 bridgehead atoms. The lowest BCUT2D eigenvalue weighted by Gasteiger charge is -2.43. The van der Waals surface area contributed by atoms with Crippen molar-refractivity contribution in [3.8, 4) is 11.5 Å². The maximum Gasteiger partial charge on any atom is 0.408 e. The predicted octanol–water partition coefficient (Wildman–Crippen LogP) is 6.15. The molecule has 0 heterocycles. The monoisotopic (exact) mass is 589 g/mol. The third kappa shape index (κ3) is 8.98. The van der Waals surface area contributed by atoms with Gasteiger partial charge in [0.1, 0.15) is 29.2 Å². The number of hydrogen-bond donors (Lipinski definition) is 3. The summed E-state index contributed by atoms with van der Waals surface area (Å²) < 4.78 is 10.7. The minimum atomic E-state index is -1.26. The fourth-order valence-electron chi connectivity index (χ4n) is 4.70. The van der Waals surface area contributed by atoms with Gasteiger partial charge in [0.05, 0.1) is 7.11 Å². The first-order valence-corrected chi connectivity index (χ1v) is 14.2. The van der Waals surface area contributed by atoms with E-state index in [2.05, 4.69) is 10.6 Å². The predicted molar refractivity (Wildman–Crippen MR) is 167 cm³/mol. The van der Waals surface area contributed by atoms with Crippen molar-refractivity contribution in [3.63, 3.8) is 0 Å². The zero-order valence-electron chi connectivity index (χ0n) is 26.2. The van der Waals surface area contributed by atoms with Gasteiger partial charge in [-0.15, -0.1) is 0 Å². The molecule has 0 aliphatic heterocycles. The van der Waals surface area contributed by atoms with E-state index in [1.165, 1.54) is 4.90 Å².